The van der Waals surface area contributed by atoms with Crippen molar-refractivity contribution in [1.29, 1.82) is 0 Å². The molecule has 0 saturated carbocycles. The highest BCUT2D eigenvalue weighted by molar-refractivity contribution is 8.04. The maximum Gasteiger partial charge on any atom is 0.265 e. The van der Waals surface area contributed by atoms with Gasteiger partial charge in [0.05, 0.1) is 10.6 Å². The van der Waals surface area contributed by atoms with Crippen molar-refractivity contribution in [3.05, 3.63) is 64.0 Å². The predicted octanol–water partition coefficient (Wildman–Crippen LogP) is 5.20. The lowest BCUT2D eigenvalue weighted by Gasteiger charge is -2.33. The van der Waals surface area contributed by atoms with Crippen molar-refractivity contribution < 1.29 is 9.59 Å². The molecule has 2 amide bonds. The number of para-hydroxylation sites is 1. The maximum absolute atomic E-state index is 13.3. The first kappa shape index (κ1) is 23.9. The van der Waals surface area contributed by atoms with Crippen LogP contribution in [0.25, 0.3) is 6.08 Å². The Morgan fingerprint density at radius 3 is 2.76 bits per heavy atom. The van der Waals surface area contributed by atoms with E-state index in [0.29, 0.717) is 22.5 Å². The minimum absolute atomic E-state index is 0.00841. The molecule has 174 valence electrons. The number of anilines is 1. The molecule has 1 saturated heterocycles. The highest BCUT2D eigenvalue weighted by atomic mass is 35.5. The second-order valence-corrected chi connectivity index (χ2v) is 10.1. The average Bonchev–Trinajstić information content (AvgIpc) is 2.82. The lowest BCUT2D eigenvalue weighted by molar-refractivity contribution is -0.122. The summed E-state index contributed by atoms with van der Waals surface area (Å²) in [6, 6.07) is 15.7. The van der Waals surface area contributed by atoms with Crippen LogP contribution in [-0.4, -0.2) is 48.9 Å². The van der Waals surface area contributed by atoms with Crippen LogP contribution in [0.1, 0.15) is 38.2 Å². The fraction of sp³-hybridized carbons (Fsp3) is 0.385. The number of piperidine rings is 1. The van der Waals surface area contributed by atoms with Crippen LogP contribution < -0.4 is 10.2 Å². The van der Waals surface area contributed by atoms with E-state index in [1.54, 1.807) is 17.0 Å². The van der Waals surface area contributed by atoms with Crippen LogP contribution >= 0.6 is 23.4 Å². The summed E-state index contributed by atoms with van der Waals surface area (Å²) < 4.78 is 0. The summed E-state index contributed by atoms with van der Waals surface area (Å²) in [5.41, 5.74) is 1.67. The fourth-order valence-electron chi connectivity index (χ4n) is 4.33. The first-order valence-corrected chi connectivity index (χ1v) is 12.8. The van der Waals surface area contributed by atoms with Gasteiger partial charge in [-0.25, -0.2) is 0 Å². The Balaban J connectivity index is 1.39. The maximum atomic E-state index is 13.3. The van der Waals surface area contributed by atoms with Gasteiger partial charge in [-0.3, -0.25) is 14.5 Å². The average molecular weight is 484 g/mol. The van der Waals surface area contributed by atoms with Gasteiger partial charge in [0.1, 0.15) is 6.54 Å². The number of benzene rings is 2. The van der Waals surface area contributed by atoms with Crippen LogP contribution in [0.3, 0.4) is 0 Å². The molecule has 1 N–H and O–H groups in total. The van der Waals surface area contributed by atoms with Crippen LogP contribution in [0.5, 0.6) is 0 Å². The number of nitrogens with one attached hydrogen (secondary N) is 1. The summed E-state index contributed by atoms with van der Waals surface area (Å²) in [6.45, 7) is 5.05. The molecular weight excluding hydrogens is 454 g/mol. The molecule has 33 heavy (non-hydrogen) atoms. The smallest absolute Gasteiger partial charge is 0.265 e. The zero-order valence-corrected chi connectivity index (χ0v) is 20.5. The minimum atomic E-state index is -0.161. The molecule has 1 unspecified atom stereocenters. The Bertz CT molecular complexity index is 1020. The van der Waals surface area contributed by atoms with Crippen LogP contribution in [0.4, 0.5) is 5.69 Å². The summed E-state index contributed by atoms with van der Waals surface area (Å²) in [5, 5.41) is 3.66. The van der Waals surface area contributed by atoms with Crippen LogP contribution in [0.15, 0.2) is 58.3 Å². The number of likely N-dealkylation sites (tertiary alicyclic amines) is 1. The summed E-state index contributed by atoms with van der Waals surface area (Å²) >= 11 is 7.42. The molecule has 2 aromatic rings. The summed E-state index contributed by atoms with van der Waals surface area (Å²) in [6.07, 6.45) is 6.60. The largest absolute Gasteiger partial charge is 0.355 e. The quantitative estimate of drug-likeness (QED) is 0.434. The summed E-state index contributed by atoms with van der Waals surface area (Å²) in [4.78, 5) is 31.6. The normalized spacial score (nSPS) is 20.1. The van der Waals surface area contributed by atoms with E-state index in [-0.39, 0.29) is 18.4 Å². The number of carbonyl (C=O) groups excluding carboxylic acids is 2. The van der Waals surface area contributed by atoms with E-state index >= 15 is 0 Å². The van der Waals surface area contributed by atoms with Gasteiger partial charge in [0, 0.05) is 29.0 Å². The van der Waals surface area contributed by atoms with Gasteiger partial charge in [0.25, 0.3) is 5.91 Å². The van der Waals surface area contributed by atoms with Crippen molar-refractivity contribution in [2.24, 2.45) is 0 Å². The van der Waals surface area contributed by atoms with E-state index in [1.807, 2.05) is 42.5 Å². The van der Waals surface area contributed by atoms with Gasteiger partial charge in [-0.05, 0) is 68.6 Å². The highest BCUT2D eigenvalue weighted by Gasteiger charge is 2.30. The molecule has 2 aliphatic rings. The number of amides is 2. The lowest BCUT2D eigenvalue weighted by Crippen LogP contribution is -2.43. The number of rotatable bonds is 7. The van der Waals surface area contributed by atoms with Gasteiger partial charge in [-0.2, -0.15) is 0 Å². The van der Waals surface area contributed by atoms with Crippen molar-refractivity contribution in [3.63, 3.8) is 0 Å². The van der Waals surface area contributed by atoms with Crippen LogP contribution in [-0.2, 0) is 9.59 Å². The SMILES string of the molecule is CC1CCCCN1CCCNC(=O)CN1C(=O)C(=Cc2ccc(Cl)cc2)Sc2ccccc21. The molecule has 4 rings (SSSR count). The van der Waals surface area contributed by atoms with E-state index in [1.165, 1.54) is 31.0 Å². The summed E-state index contributed by atoms with van der Waals surface area (Å²) in [7, 11) is 0. The van der Waals surface area contributed by atoms with Gasteiger partial charge in [0.2, 0.25) is 5.91 Å². The molecule has 5 nitrogen and oxygen atoms in total. The summed E-state index contributed by atoms with van der Waals surface area (Å²) in [5.74, 6) is -0.298. The van der Waals surface area contributed by atoms with Gasteiger partial charge in [-0.15, -0.1) is 0 Å². The van der Waals surface area contributed by atoms with E-state index in [9.17, 15) is 9.59 Å². The predicted molar refractivity (Wildman–Crippen MR) is 137 cm³/mol. The van der Waals surface area contributed by atoms with Crippen molar-refractivity contribution in [1.82, 2.24) is 10.2 Å². The molecule has 1 atom stereocenters. The zero-order valence-electron chi connectivity index (χ0n) is 18.9. The molecule has 2 aliphatic heterocycles. The van der Waals surface area contributed by atoms with Gasteiger partial charge in [0.15, 0.2) is 0 Å². The molecule has 0 aliphatic carbocycles. The van der Waals surface area contributed by atoms with E-state index < -0.39 is 0 Å². The molecule has 1 fully saturated rings. The lowest BCUT2D eigenvalue weighted by atomic mass is 10.0. The molecular formula is C26H30ClN3O2S. The number of thioether (sulfide) groups is 1. The van der Waals surface area contributed by atoms with Gasteiger partial charge in [-0.1, -0.05) is 54.0 Å². The third-order valence-corrected chi connectivity index (χ3v) is 7.52. The minimum Gasteiger partial charge on any atom is -0.355 e. The van der Waals surface area contributed by atoms with Crippen molar-refractivity contribution in [2.45, 2.75) is 43.5 Å². The van der Waals surface area contributed by atoms with Gasteiger partial charge >= 0.3 is 0 Å². The Morgan fingerprint density at radius 2 is 1.97 bits per heavy atom. The molecule has 0 radical (unpaired) electrons. The first-order chi connectivity index (χ1) is 16.0. The van der Waals surface area contributed by atoms with Crippen LogP contribution in [0, 0.1) is 0 Å². The molecule has 7 heteroatoms. The van der Waals surface area contributed by atoms with E-state index in [2.05, 4.69) is 17.1 Å². The van der Waals surface area contributed by atoms with E-state index in [4.69, 9.17) is 11.6 Å². The van der Waals surface area contributed by atoms with Crippen molar-refractivity contribution in [3.8, 4) is 0 Å². The number of fused-ring (bicyclic) bond motifs is 1. The standard InChI is InChI=1S/C26H30ClN3O2S/c1-19-7-4-5-15-29(19)16-6-14-28-25(31)18-30-22-8-2-3-9-23(22)33-24(26(30)32)17-20-10-12-21(27)13-11-20/h2-3,8-13,17,19H,4-7,14-16,18H2,1H3,(H,28,31). The topological polar surface area (TPSA) is 52.7 Å². The molecule has 0 spiro atoms. The molecule has 0 bridgehead atoms. The Hall–Kier alpha value is -2.28. The monoisotopic (exact) mass is 483 g/mol. The number of hydrogen-bond donors (Lipinski definition) is 1. The Morgan fingerprint density at radius 1 is 1.18 bits per heavy atom. The zero-order chi connectivity index (χ0) is 23.2. The number of hydrogen-bond acceptors (Lipinski definition) is 4. The number of halogens is 1. The van der Waals surface area contributed by atoms with Gasteiger partial charge < -0.3 is 10.2 Å². The number of carbonyl (C=O) groups is 2. The molecule has 2 heterocycles. The Kier molecular flexibility index (Phi) is 8.12. The molecule has 2 aromatic carbocycles. The third kappa shape index (κ3) is 6.19. The second kappa shape index (κ2) is 11.2. The highest BCUT2D eigenvalue weighted by Crippen LogP contribution is 2.41. The molecule has 0 aromatic heterocycles. The number of nitrogens with zero attached hydrogens (tertiary/aromatic N) is 2. The van der Waals surface area contributed by atoms with E-state index in [0.717, 1.165) is 35.7 Å². The second-order valence-electron chi connectivity index (χ2n) is 8.61. The Labute approximate surface area is 205 Å². The third-order valence-electron chi connectivity index (χ3n) is 6.19. The van der Waals surface area contributed by atoms with Crippen molar-refractivity contribution in [2.75, 3.05) is 31.1 Å². The first-order valence-electron chi connectivity index (χ1n) is 11.6. The van der Waals surface area contributed by atoms with Crippen molar-refractivity contribution >= 4 is 46.9 Å². The van der Waals surface area contributed by atoms with Crippen LogP contribution in [0.2, 0.25) is 5.02 Å². The fourth-order valence-corrected chi connectivity index (χ4v) is 5.51.